The number of aliphatic hydroxyl groups excluding tert-OH is 3. The van der Waals surface area contributed by atoms with Gasteiger partial charge in [0.1, 0.15) is 88.2 Å². The van der Waals surface area contributed by atoms with Crippen LogP contribution in [0.5, 0.6) is 0 Å². The fourth-order valence-electron chi connectivity index (χ4n) is 11.1. The van der Waals surface area contributed by atoms with Crippen molar-refractivity contribution < 1.29 is 15.3 Å². The summed E-state index contributed by atoms with van der Waals surface area (Å²) in [5.41, 5.74) is 21.3. The Morgan fingerprint density at radius 1 is 0.466 bits per heavy atom. The number of rotatable bonds is 11. The molecule has 88 heavy (non-hydrogen) atoms. The third-order valence-electron chi connectivity index (χ3n) is 16.8. The number of fused-ring (bicyclic) bond motifs is 4. The van der Waals surface area contributed by atoms with Gasteiger partial charge < -0.3 is 45.5 Å². The minimum Gasteiger partial charge on any atom is -0.383 e. The Morgan fingerprint density at radius 2 is 0.875 bits per heavy atom. The molecule has 0 spiro atoms. The van der Waals surface area contributed by atoms with E-state index in [0.29, 0.717) is 84.7 Å². The maximum absolute atomic E-state index is 10.7. The number of nitrogen functional groups attached to an aromatic ring is 2. The van der Waals surface area contributed by atoms with E-state index in [1.165, 1.54) is 70.3 Å². The Morgan fingerprint density at radius 3 is 1.33 bits per heavy atom. The quantitative estimate of drug-likeness (QED) is 0.0518. The molecule has 0 saturated heterocycles. The van der Waals surface area contributed by atoms with Crippen LogP contribution in [0.4, 0.5) is 11.6 Å². The van der Waals surface area contributed by atoms with E-state index >= 15 is 0 Å². The van der Waals surface area contributed by atoms with Gasteiger partial charge in [-0.25, -0.2) is 39.9 Å². The van der Waals surface area contributed by atoms with Crippen LogP contribution in [0.15, 0.2) is 148 Å². The zero-order chi connectivity index (χ0) is 60.7. The number of halogens is 3. The summed E-state index contributed by atoms with van der Waals surface area (Å²) in [5.74, 6) is 0.956. The van der Waals surface area contributed by atoms with Crippen LogP contribution in [0.2, 0.25) is 10.3 Å². The van der Waals surface area contributed by atoms with E-state index < -0.39 is 18.3 Å². The first-order valence-corrected chi connectivity index (χ1v) is 31.2. The average molecular weight is 1290 g/mol. The fraction of sp³-hybridized carbons (Fsp3) is 0.312. The third kappa shape index (κ3) is 12.8. The molecule has 0 radical (unpaired) electrons. The maximum atomic E-state index is 10.7. The molecule has 0 aliphatic heterocycles. The lowest BCUT2D eigenvalue weighted by Gasteiger charge is -2.27. The molecule has 0 aromatic carbocycles. The number of aliphatic hydroxyl groups is 3. The van der Waals surface area contributed by atoms with Gasteiger partial charge in [0.25, 0.3) is 0 Å². The number of nitrogens with two attached hydrogens (primary N) is 2. The summed E-state index contributed by atoms with van der Waals surface area (Å²) < 4.78 is 6.52. The lowest BCUT2D eigenvalue weighted by atomic mass is 9.93. The van der Waals surface area contributed by atoms with Crippen LogP contribution >= 0.6 is 39.1 Å². The van der Waals surface area contributed by atoms with Crippen molar-refractivity contribution in [3.8, 4) is 0 Å². The highest BCUT2D eigenvalue weighted by Crippen LogP contribution is 2.42. The highest BCUT2D eigenvalue weighted by Gasteiger charge is 2.30. The number of hydrogen-bond acceptors (Lipinski definition) is 17. The smallest absolute Gasteiger partial charge is 0.146 e. The second-order valence-corrected chi connectivity index (χ2v) is 24.2. The van der Waals surface area contributed by atoms with Crippen LogP contribution in [-0.2, 0) is 6.42 Å². The first kappa shape index (κ1) is 59.9. The number of hydrogen-bond donors (Lipinski definition) is 6. The van der Waals surface area contributed by atoms with Crippen LogP contribution < -0.4 is 11.5 Å². The lowest BCUT2D eigenvalue weighted by molar-refractivity contribution is 0.215. The third-order valence-corrected chi connectivity index (χ3v) is 18.2. The van der Waals surface area contributed by atoms with Gasteiger partial charge in [-0.3, -0.25) is 19.9 Å². The van der Waals surface area contributed by atoms with E-state index in [2.05, 4.69) is 101 Å². The summed E-state index contributed by atoms with van der Waals surface area (Å²) in [6.45, 7) is 0. The van der Waals surface area contributed by atoms with Crippen LogP contribution in [0.3, 0.4) is 0 Å². The summed E-state index contributed by atoms with van der Waals surface area (Å²) in [7, 11) is 0. The fourth-order valence-corrected chi connectivity index (χ4v) is 12.2. The Labute approximate surface area is 524 Å². The minimum absolute atomic E-state index is 0.311. The Kier molecular flexibility index (Phi) is 18.6. The molecular weight excluding hydrogens is 1220 g/mol. The molecule has 4 fully saturated rings. The summed E-state index contributed by atoms with van der Waals surface area (Å²) in [6.07, 6.45) is 33.6. The Balaban J connectivity index is 0.000000111. The predicted molar refractivity (Wildman–Crippen MR) is 342 cm³/mol. The number of alkyl halides is 1. The lowest BCUT2D eigenvalue weighted by Crippen LogP contribution is -2.16. The molecule has 12 aromatic rings. The maximum Gasteiger partial charge on any atom is 0.146 e. The zero-order valence-corrected chi connectivity index (χ0v) is 51.0. The first-order chi connectivity index (χ1) is 43.0. The number of H-pyrrole nitrogens is 1. The van der Waals surface area contributed by atoms with Crippen molar-refractivity contribution in [1.82, 2.24) is 78.5 Å². The second-order valence-electron chi connectivity index (χ2n) is 22.2. The number of aromatic amines is 1. The van der Waals surface area contributed by atoms with Crippen molar-refractivity contribution in [2.45, 2.75) is 125 Å². The molecule has 21 nitrogen and oxygen atoms in total. The van der Waals surface area contributed by atoms with E-state index in [9.17, 15) is 15.3 Å². The van der Waals surface area contributed by atoms with Gasteiger partial charge in [-0.05, 0) is 125 Å². The molecule has 3 atom stereocenters. The zero-order valence-electron chi connectivity index (χ0n) is 47.9. The predicted octanol–water partition coefficient (Wildman–Crippen LogP) is 12.2. The van der Waals surface area contributed by atoms with Crippen molar-refractivity contribution in [1.29, 1.82) is 0 Å². The molecule has 24 heteroatoms. The largest absolute Gasteiger partial charge is 0.383 e. The number of anilines is 2. The molecule has 0 amide bonds. The summed E-state index contributed by atoms with van der Waals surface area (Å²) in [6, 6.07) is 23.7. The standard InChI is InChI=1S/C16H15ClN4O.C16H17N5O.C16H17N5.C12H9ClN4O.C4H7Br/c2*17-15-13-11(14(22)12-6-1-2-7-18-12)8-21(10-4-3-5-10)16(13)20-9-19-15;17-15-14-11(8-12-4-1-2-7-18-12)9-21(13-5-3-6-13)16(14)20-10-19-15;13-11-9-7(5-15-12(9)17-6-16-11)10(18)8-3-1-2-4-14-8;5-4-2-1-3-4/h1-2,6-10,14,22H,3-5H2;1-2,6-10,14,22H,3-5H2,(H2,17,19,20);1-2,4,7,9-10,13H,3,5-6,8H2,(H2,17,19,20);1-6,10,18H,(H,15,16,17);4H,1-3H2. The molecule has 450 valence electrons. The molecule has 12 heterocycles. The molecule has 0 bridgehead atoms. The summed E-state index contributed by atoms with van der Waals surface area (Å²) in [5, 5.41) is 35.5. The van der Waals surface area contributed by atoms with Crippen LogP contribution in [0.1, 0.15) is 159 Å². The van der Waals surface area contributed by atoms with Crippen molar-refractivity contribution in [3.63, 3.8) is 0 Å². The molecular formula is C64H65BrCl2N18O3. The number of nitrogens with one attached hydrogen (secondary N) is 1. The van der Waals surface area contributed by atoms with Gasteiger partial charge in [-0.1, -0.05) is 69.8 Å². The molecule has 4 aliphatic carbocycles. The molecule has 4 saturated carbocycles. The van der Waals surface area contributed by atoms with E-state index in [0.717, 1.165) is 81.5 Å². The SMILES string of the molecule is BrC1CCC1.Nc1ncnc2c1c(C(O)c1ccccn1)cn2C1CCC1.Nc1ncnc2c1c(Cc1ccccn1)cn2C1CCC1.OC(c1ccccn1)c1c[nH]c2ncnc(Cl)c12.OC(c1ccccn1)c1cn(C2CCC2)c2ncnc(Cl)c12. The molecule has 4 aliphatic rings. The van der Waals surface area contributed by atoms with Gasteiger partial charge in [0.2, 0.25) is 0 Å². The monoisotopic (exact) mass is 1280 g/mol. The molecule has 3 unspecified atom stereocenters. The Bertz CT molecular complexity index is 4140. The van der Waals surface area contributed by atoms with Crippen molar-refractivity contribution >= 4 is 94.9 Å². The van der Waals surface area contributed by atoms with E-state index in [4.69, 9.17) is 34.7 Å². The highest BCUT2D eigenvalue weighted by atomic mass is 79.9. The average Bonchev–Trinajstić information content (AvgIpc) is 1.76. The molecule has 8 N–H and O–H groups in total. The van der Waals surface area contributed by atoms with Gasteiger partial charge >= 0.3 is 0 Å². The van der Waals surface area contributed by atoms with Crippen LogP contribution in [0, 0.1) is 0 Å². The van der Waals surface area contributed by atoms with Crippen molar-refractivity contribution in [3.05, 3.63) is 203 Å². The van der Waals surface area contributed by atoms with Crippen molar-refractivity contribution in [2.75, 3.05) is 11.5 Å². The Hall–Kier alpha value is -8.38. The number of nitrogens with zero attached hydrogens (tertiary/aromatic N) is 15. The van der Waals surface area contributed by atoms with Gasteiger partial charge in [0.15, 0.2) is 0 Å². The topological polar surface area (TPSA) is 298 Å². The first-order valence-electron chi connectivity index (χ1n) is 29.5. The van der Waals surface area contributed by atoms with Gasteiger partial charge in [0, 0.05) is 101 Å². The van der Waals surface area contributed by atoms with E-state index in [1.54, 1.807) is 55.4 Å². The molecule has 12 aromatic heterocycles. The highest BCUT2D eigenvalue weighted by molar-refractivity contribution is 9.09. The van der Waals surface area contributed by atoms with E-state index in [1.807, 2.05) is 67.1 Å². The number of aromatic nitrogens is 16. The molecule has 16 rings (SSSR count). The van der Waals surface area contributed by atoms with Gasteiger partial charge in [0.05, 0.1) is 38.6 Å². The minimum atomic E-state index is -0.858. The van der Waals surface area contributed by atoms with Crippen LogP contribution in [-0.4, -0.2) is 98.6 Å². The van der Waals surface area contributed by atoms with E-state index in [-0.39, 0.29) is 0 Å². The van der Waals surface area contributed by atoms with Gasteiger partial charge in [-0.15, -0.1) is 0 Å². The normalized spacial score (nSPS) is 16.0. The van der Waals surface area contributed by atoms with Crippen molar-refractivity contribution in [2.24, 2.45) is 0 Å². The van der Waals surface area contributed by atoms with Gasteiger partial charge in [-0.2, -0.15) is 0 Å². The summed E-state index contributed by atoms with van der Waals surface area (Å²) >= 11 is 15.8. The summed E-state index contributed by atoms with van der Waals surface area (Å²) in [4.78, 5) is 54.3. The van der Waals surface area contributed by atoms with Crippen LogP contribution in [0.25, 0.3) is 44.1 Å². The second kappa shape index (κ2) is 27.3. The number of pyridine rings is 4.